The van der Waals surface area contributed by atoms with Crippen molar-refractivity contribution in [1.29, 1.82) is 0 Å². The Morgan fingerprint density at radius 1 is 1.17 bits per heavy atom. The molecule has 0 fully saturated rings. The Morgan fingerprint density at radius 2 is 1.97 bits per heavy atom. The van der Waals surface area contributed by atoms with E-state index in [2.05, 4.69) is 11.6 Å². The summed E-state index contributed by atoms with van der Waals surface area (Å²) >= 11 is 6.14. The average molecular weight is 423 g/mol. The molecule has 0 amide bonds. The summed E-state index contributed by atoms with van der Waals surface area (Å²) in [4.78, 5) is 30.7. The van der Waals surface area contributed by atoms with Gasteiger partial charge < -0.3 is 9.30 Å². The van der Waals surface area contributed by atoms with E-state index in [1.165, 1.54) is 10.6 Å². The van der Waals surface area contributed by atoms with Crippen LogP contribution in [0.4, 0.5) is 0 Å². The van der Waals surface area contributed by atoms with Crippen LogP contribution in [0.5, 0.6) is 5.75 Å². The minimum absolute atomic E-state index is 0.0774. The topological polar surface area (TPSA) is 71.0 Å². The number of allylic oxidation sites excluding steroid dienone is 1. The van der Waals surface area contributed by atoms with E-state index < -0.39 is 11.2 Å². The van der Waals surface area contributed by atoms with Crippen molar-refractivity contribution in [3.8, 4) is 11.4 Å². The molecule has 0 spiro atoms. The lowest BCUT2D eigenvalue weighted by Gasteiger charge is -2.13. The minimum atomic E-state index is -0.503. The van der Waals surface area contributed by atoms with Crippen LogP contribution in [0.1, 0.15) is 5.56 Å². The van der Waals surface area contributed by atoms with E-state index in [0.717, 1.165) is 10.1 Å². The molecule has 0 bridgehead atoms. The molecule has 152 valence electrons. The van der Waals surface area contributed by atoms with Crippen molar-refractivity contribution in [1.82, 2.24) is 18.7 Å². The largest absolute Gasteiger partial charge is 0.496 e. The van der Waals surface area contributed by atoms with Gasteiger partial charge in [-0.25, -0.2) is 14.3 Å². The zero-order valence-electron chi connectivity index (χ0n) is 16.3. The predicted octanol–water partition coefficient (Wildman–Crippen LogP) is 3.25. The molecule has 0 saturated carbocycles. The van der Waals surface area contributed by atoms with Gasteiger partial charge >= 0.3 is 5.69 Å². The fraction of sp³-hybridized carbons (Fsp3) is 0.136. The van der Waals surface area contributed by atoms with Crippen molar-refractivity contribution in [3.63, 3.8) is 0 Å². The molecule has 30 heavy (non-hydrogen) atoms. The van der Waals surface area contributed by atoms with Crippen molar-refractivity contribution in [2.24, 2.45) is 0 Å². The third-order valence-electron chi connectivity index (χ3n) is 4.81. The lowest BCUT2D eigenvalue weighted by Crippen LogP contribution is -2.39. The van der Waals surface area contributed by atoms with Crippen LogP contribution >= 0.6 is 11.6 Å². The lowest BCUT2D eigenvalue weighted by molar-refractivity contribution is 0.408. The van der Waals surface area contributed by atoms with Gasteiger partial charge in [-0.2, -0.15) is 0 Å². The molecule has 7 nitrogen and oxygen atoms in total. The van der Waals surface area contributed by atoms with Crippen LogP contribution < -0.4 is 16.0 Å². The molecule has 0 N–H and O–H groups in total. The summed E-state index contributed by atoms with van der Waals surface area (Å²) in [6.45, 7) is 4.10. The van der Waals surface area contributed by atoms with Gasteiger partial charge in [-0.1, -0.05) is 41.9 Å². The number of ether oxygens (including phenoxy) is 1. The summed E-state index contributed by atoms with van der Waals surface area (Å²) < 4.78 is 9.67. The molecule has 8 heteroatoms. The number of aromatic nitrogens is 4. The van der Waals surface area contributed by atoms with Gasteiger partial charge in [-0.15, -0.1) is 6.58 Å². The molecule has 0 radical (unpaired) electrons. The molecule has 0 aliphatic rings. The maximum absolute atomic E-state index is 13.2. The summed E-state index contributed by atoms with van der Waals surface area (Å²) in [6.07, 6.45) is 3.06. The zero-order valence-corrected chi connectivity index (χ0v) is 17.0. The lowest BCUT2D eigenvalue weighted by atomic mass is 10.2. The number of hydrogen-bond donors (Lipinski definition) is 0. The highest BCUT2D eigenvalue weighted by molar-refractivity contribution is 6.30. The molecule has 2 aromatic heterocycles. The van der Waals surface area contributed by atoms with E-state index >= 15 is 0 Å². The number of benzene rings is 2. The minimum Gasteiger partial charge on any atom is -0.496 e. The number of imidazole rings is 1. The molecule has 2 heterocycles. The number of para-hydroxylation sites is 1. The van der Waals surface area contributed by atoms with Crippen LogP contribution in [0.15, 0.2) is 77.1 Å². The zero-order chi connectivity index (χ0) is 21.3. The molecule has 0 saturated heterocycles. The normalized spacial score (nSPS) is 11.0. The molecule has 4 rings (SSSR count). The standard InChI is InChI=1S/C22H19ClN4O3/c1-3-11-26-21(28)19-20(27(22(26)29)17-9-6-8-16(23)12-17)24-14-25(19)13-15-7-4-5-10-18(15)30-2/h3-10,12,14H,1,11,13H2,2H3. The van der Waals surface area contributed by atoms with Crippen molar-refractivity contribution in [3.05, 3.63) is 98.9 Å². The number of nitrogens with zero attached hydrogens (tertiary/aromatic N) is 4. The summed E-state index contributed by atoms with van der Waals surface area (Å²) in [5.74, 6) is 0.703. The first-order valence-electron chi connectivity index (χ1n) is 9.24. The highest BCUT2D eigenvalue weighted by atomic mass is 35.5. The first kappa shape index (κ1) is 19.7. The van der Waals surface area contributed by atoms with E-state index in [0.29, 0.717) is 28.5 Å². The van der Waals surface area contributed by atoms with Crippen LogP contribution in [0.3, 0.4) is 0 Å². The number of rotatable bonds is 6. The highest BCUT2D eigenvalue weighted by Crippen LogP contribution is 2.21. The second kappa shape index (κ2) is 8.04. The summed E-state index contributed by atoms with van der Waals surface area (Å²) in [5, 5.41) is 0.475. The summed E-state index contributed by atoms with van der Waals surface area (Å²) in [6, 6.07) is 14.4. The third kappa shape index (κ3) is 3.33. The molecule has 0 aliphatic carbocycles. The predicted molar refractivity (Wildman–Crippen MR) is 117 cm³/mol. The fourth-order valence-corrected chi connectivity index (χ4v) is 3.64. The Labute approximate surface area is 177 Å². The summed E-state index contributed by atoms with van der Waals surface area (Å²) in [5.41, 5.74) is 1.05. The SMILES string of the molecule is C=CCn1c(=O)c2c(ncn2Cc2ccccc2OC)n(-c2cccc(Cl)c2)c1=O. The van der Waals surface area contributed by atoms with E-state index in [9.17, 15) is 9.59 Å². The van der Waals surface area contributed by atoms with Crippen molar-refractivity contribution in [2.45, 2.75) is 13.1 Å². The molecule has 4 aromatic rings. The average Bonchev–Trinajstić information content (AvgIpc) is 3.15. The van der Waals surface area contributed by atoms with Gasteiger partial charge in [0.25, 0.3) is 5.56 Å². The monoisotopic (exact) mass is 422 g/mol. The number of fused-ring (bicyclic) bond motifs is 1. The Morgan fingerprint density at radius 3 is 2.70 bits per heavy atom. The van der Waals surface area contributed by atoms with Crippen molar-refractivity contribution < 1.29 is 4.74 Å². The smallest absolute Gasteiger partial charge is 0.337 e. The van der Waals surface area contributed by atoms with Crippen LogP contribution in [0, 0.1) is 0 Å². The third-order valence-corrected chi connectivity index (χ3v) is 5.05. The second-order valence-electron chi connectivity index (χ2n) is 6.66. The van der Waals surface area contributed by atoms with E-state index in [1.807, 2.05) is 24.3 Å². The number of methoxy groups -OCH3 is 1. The van der Waals surface area contributed by atoms with Crippen LogP contribution in [0.2, 0.25) is 5.02 Å². The molecule has 2 aromatic carbocycles. The van der Waals surface area contributed by atoms with E-state index in [-0.39, 0.29) is 12.2 Å². The van der Waals surface area contributed by atoms with E-state index in [1.54, 1.807) is 42.3 Å². The highest BCUT2D eigenvalue weighted by Gasteiger charge is 2.19. The molecule has 0 aliphatic heterocycles. The van der Waals surface area contributed by atoms with Gasteiger partial charge in [-0.05, 0) is 24.3 Å². The van der Waals surface area contributed by atoms with Gasteiger partial charge in [0.1, 0.15) is 5.75 Å². The number of hydrogen-bond acceptors (Lipinski definition) is 4. The molecule has 0 atom stereocenters. The first-order chi connectivity index (χ1) is 14.5. The Balaban J connectivity index is 2.01. The maximum Gasteiger partial charge on any atom is 0.337 e. The van der Waals surface area contributed by atoms with Crippen LogP contribution in [0.25, 0.3) is 16.9 Å². The second-order valence-corrected chi connectivity index (χ2v) is 7.10. The Hall–Kier alpha value is -3.58. The van der Waals surface area contributed by atoms with Gasteiger partial charge in [0, 0.05) is 17.1 Å². The quantitative estimate of drug-likeness (QED) is 0.447. The van der Waals surface area contributed by atoms with Crippen LogP contribution in [-0.4, -0.2) is 25.8 Å². The molecular formula is C22H19ClN4O3. The van der Waals surface area contributed by atoms with Gasteiger partial charge in [0.2, 0.25) is 0 Å². The van der Waals surface area contributed by atoms with Gasteiger partial charge in [-0.3, -0.25) is 9.36 Å². The maximum atomic E-state index is 13.2. The number of halogens is 1. The first-order valence-corrected chi connectivity index (χ1v) is 9.62. The van der Waals surface area contributed by atoms with Gasteiger partial charge in [0.15, 0.2) is 11.2 Å². The fourth-order valence-electron chi connectivity index (χ4n) is 3.45. The van der Waals surface area contributed by atoms with E-state index in [4.69, 9.17) is 16.3 Å². The van der Waals surface area contributed by atoms with Crippen molar-refractivity contribution in [2.75, 3.05) is 7.11 Å². The molecular weight excluding hydrogens is 404 g/mol. The summed E-state index contributed by atoms with van der Waals surface area (Å²) in [7, 11) is 1.60. The Kier molecular flexibility index (Phi) is 5.29. The van der Waals surface area contributed by atoms with Crippen molar-refractivity contribution >= 4 is 22.8 Å². The molecule has 0 unspecified atom stereocenters. The van der Waals surface area contributed by atoms with Crippen LogP contribution in [-0.2, 0) is 13.1 Å². The van der Waals surface area contributed by atoms with Gasteiger partial charge in [0.05, 0.1) is 25.7 Å². The Bertz CT molecular complexity index is 1370.